The van der Waals surface area contributed by atoms with Crippen LogP contribution in [0, 0.1) is 0 Å². The summed E-state index contributed by atoms with van der Waals surface area (Å²) in [5, 5.41) is 23.3. The fourth-order valence-electron chi connectivity index (χ4n) is 1.34. The molecule has 0 bridgehead atoms. The van der Waals surface area contributed by atoms with E-state index < -0.39 is 0 Å². The minimum atomic E-state index is 0.650. The molecule has 16 heavy (non-hydrogen) atoms. The van der Waals surface area contributed by atoms with Crippen molar-refractivity contribution in [2.75, 3.05) is 40.3 Å². The van der Waals surface area contributed by atoms with E-state index in [4.69, 9.17) is 10.4 Å². The SMILES string of the molecule is C/C(CN(C)CCN(C)C/C(C)=N/O)=N\O. The lowest BCUT2D eigenvalue weighted by Gasteiger charge is -2.21. The monoisotopic (exact) mass is 230 g/mol. The van der Waals surface area contributed by atoms with Gasteiger partial charge < -0.3 is 10.4 Å². The van der Waals surface area contributed by atoms with Gasteiger partial charge in [0, 0.05) is 26.2 Å². The predicted molar refractivity (Wildman–Crippen MR) is 64.8 cm³/mol. The maximum atomic E-state index is 8.52. The van der Waals surface area contributed by atoms with Crippen LogP contribution >= 0.6 is 0 Å². The fraction of sp³-hybridized carbons (Fsp3) is 0.800. The molecule has 6 heteroatoms. The summed E-state index contributed by atoms with van der Waals surface area (Å²) in [5.41, 5.74) is 1.39. The summed E-state index contributed by atoms with van der Waals surface area (Å²) in [6.07, 6.45) is 0. The minimum Gasteiger partial charge on any atom is -0.411 e. The molecule has 0 spiro atoms. The third-order valence-corrected chi connectivity index (χ3v) is 2.20. The van der Waals surface area contributed by atoms with Gasteiger partial charge in [0.15, 0.2) is 0 Å². The first-order chi connectivity index (χ1) is 7.49. The van der Waals surface area contributed by atoms with Gasteiger partial charge in [-0.2, -0.15) is 0 Å². The molecular formula is C10H22N4O2. The molecule has 0 aliphatic carbocycles. The van der Waals surface area contributed by atoms with Crippen LogP contribution in [0.5, 0.6) is 0 Å². The Balaban J connectivity index is 3.79. The smallest absolute Gasteiger partial charge is 0.0679 e. The third kappa shape index (κ3) is 7.19. The summed E-state index contributed by atoms with van der Waals surface area (Å²) in [5.74, 6) is 0. The van der Waals surface area contributed by atoms with Crippen LogP contribution in [0.4, 0.5) is 0 Å². The Labute approximate surface area is 96.8 Å². The molecule has 0 aromatic carbocycles. The molecule has 0 aliphatic rings. The number of nitrogens with zero attached hydrogens (tertiary/aromatic N) is 4. The van der Waals surface area contributed by atoms with Crippen molar-refractivity contribution < 1.29 is 10.4 Å². The zero-order valence-corrected chi connectivity index (χ0v) is 10.5. The second-order valence-corrected chi connectivity index (χ2v) is 4.15. The standard InChI is InChI=1S/C10H22N4O2/c1-9(11-15)7-13(3)5-6-14(4)8-10(2)12-16/h15-16H,5-8H2,1-4H3/b11-9+,12-10+. The number of rotatable bonds is 7. The van der Waals surface area contributed by atoms with E-state index in [0.29, 0.717) is 24.5 Å². The minimum absolute atomic E-state index is 0.650. The van der Waals surface area contributed by atoms with Crippen molar-refractivity contribution >= 4 is 11.4 Å². The van der Waals surface area contributed by atoms with Crippen molar-refractivity contribution in [1.29, 1.82) is 0 Å². The van der Waals surface area contributed by atoms with Crippen molar-refractivity contribution in [2.24, 2.45) is 10.3 Å². The highest BCUT2D eigenvalue weighted by Gasteiger charge is 2.04. The predicted octanol–water partition coefficient (Wildman–Crippen LogP) is 0.550. The largest absolute Gasteiger partial charge is 0.411 e. The lowest BCUT2D eigenvalue weighted by Crippen LogP contribution is -2.35. The molecule has 0 atom stereocenters. The summed E-state index contributed by atoms with van der Waals surface area (Å²) in [6, 6.07) is 0. The maximum Gasteiger partial charge on any atom is 0.0679 e. The highest BCUT2D eigenvalue weighted by Crippen LogP contribution is 1.89. The van der Waals surface area contributed by atoms with E-state index in [1.807, 2.05) is 14.1 Å². The van der Waals surface area contributed by atoms with E-state index in [-0.39, 0.29) is 0 Å². The lowest BCUT2D eigenvalue weighted by molar-refractivity contribution is 0.280. The average molecular weight is 230 g/mol. The summed E-state index contributed by atoms with van der Waals surface area (Å²) < 4.78 is 0. The zero-order chi connectivity index (χ0) is 12.6. The van der Waals surface area contributed by atoms with Crippen molar-refractivity contribution in [1.82, 2.24) is 9.80 Å². The summed E-state index contributed by atoms with van der Waals surface area (Å²) in [4.78, 5) is 4.13. The van der Waals surface area contributed by atoms with Gasteiger partial charge in [0.2, 0.25) is 0 Å². The molecule has 0 heterocycles. The van der Waals surface area contributed by atoms with Crippen LogP contribution in [0.25, 0.3) is 0 Å². The Morgan fingerprint density at radius 2 is 1.19 bits per heavy atom. The van der Waals surface area contributed by atoms with E-state index in [2.05, 4.69) is 20.1 Å². The molecule has 2 N–H and O–H groups in total. The molecule has 0 saturated heterocycles. The van der Waals surface area contributed by atoms with Gasteiger partial charge >= 0.3 is 0 Å². The van der Waals surface area contributed by atoms with Gasteiger partial charge in [-0.3, -0.25) is 9.80 Å². The van der Waals surface area contributed by atoms with Crippen LogP contribution in [-0.4, -0.2) is 71.9 Å². The van der Waals surface area contributed by atoms with E-state index >= 15 is 0 Å². The number of likely N-dealkylation sites (N-methyl/N-ethyl adjacent to an activating group) is 2. The first-order valence-corrected chi connectivity index (χ1v) is 5.21. The second-order valence-electron chi connectivity index (χ2n) is 4.15. The van der Waals surface area contributed by atoms with E-state index in [9.17, 15) is 0 Å². The Kier molecular flexibility index (Phi) is 7.49. The van der Waals surface area contributed by atoms with Gasteiger partial charge in [0.05, 0.1) is 11.4 Å². The van der Waals surface area contributed by atoms with Crippen LogP contribution in [0.1, 0.15) is 13.8 Å². The molecule has 0 amide bonds. The Morgan fingerprint density at radius 1 is 0.875 bits per heavy atom. The van der Waals surface area contributed by atoms with Gasteiger partial charge in [-0.25, -0.2) is 0 Å². The van der Waals surface area contributed by atoms with Gasteiger partial charge in [-0.05, 0) is 27.9 Å². The third-order valence-electron chi connectivity index (χ3n) is 2.20. The van der Waals surface area contributed by atoms with Gasteiger partial charge in [-0.1, -0.05) is 10.3 Å². The van der Waals surface area contributed by atoms with Crippen LogP contribution in [0.2, 0.25) is 0 Å². The second kappa shape index (κ2) is 8.06. The quantitative estimate of drug-likeness (QED) is 0.380. The number of oxime groups is 2. The molecule has 0 aliphatic heterocycles. The summed E-state index contributed by atoms with van der Waals surface area (Å²) in [6.45, 7) is 6.59. The van der Waals surface area contributed by atoms with Crippen molar-refractivity contribution in [3.8, 4) is 0 Å². The van der Waals surface area contributed by atoms with Crippen LogP contribution in [0.15, 0.2) is 10.3 Å². The summed E-state index contributed by atoms with van der Waals surface area (Å²) in [7, 11) is 3.94. The zero-order valence-electron chi connectivity index (χ0n) is 10.5. The normalized spacial score (nSPS) is 13.9. The molecule has 94 valence electrons. The number of hydrogen-bond acceptors (Lipinski definition) is 6. The van der Waals surface area contributed by atoms with Crippen LogP contribution in [0.3, 0.4) is 0 Å². The Bertz CT molecular complexity index is 227. The first-order valence-electron chi connectivity index (χ1n) is 5.21. The average Bonchev–Trinajstić information content (AvgIpc) is 2.26. The topological polar surface area (TPSA) is 71.7 Å². The van der Waals surface area contributed by atoms with Gasteiger partial charge in [-0.15, -0.1) is 0 Å². The lowest BCUT2D eigenvalue weighted by atomic mass is 10.3. The van der Waals surface area contributed by atoms with E-state index in [0.717, 1.165) is 13.1 Å². The summed E-state index contributed by atoms with van der Waals surface area (Å²) >= 11 is 0. The van der Waals surface area contributed by atoms with Crippen molar-refractivity contribution in [2.45, 2.75) is 13.8 Å². The molecule has 6 nitrogen and oxygen atoms in total. The van der Waals surface area contributed by atoms with E-state index in [1.165, 1.54) is 0 Å². The molecule has 0 aromatic heterocycles. The maximum absolute atomic E-state index is 8.52. The molecule has 0 rings (SSSR count). The molecular weight excluding hydrogens is 208 g/mol. The van der Waals surface area contributed by atoms with Crippen molar-refractivity contribution in [3.05, 3.63) is 0 Å². The molecule has 0 radical (unpaired) electrons. The van der Waals surface area contributed by atoms with Gasteiger partial charge in [0.1, 0.15) is 0 Å². The van der Waals surface area contributed by atoms with Crippen LogP contribution < -0.4 is 0 Å². The highest BCUT2D eigenvalue weighted by molar-refractivity contribution is 5.83. The highest BCUT2D eigenvalue weighted by atomic mass is 16.4. The molecule has 0 saturated carbocycles. The molecule has 0 fully saturated rings. The number of hydrogen-bond donors (Lipinski definition) is 2. The Hall–Kier alpha value is -1.14. The molecule has 0 aromatic rings. The molecule has 0 unspecified atom stereocenters. The Morgan fingerprint density at radius 3 is 1.44 bits per heavy atom. The van der Waals surface area contributed by atoms with E-state index in [1.54, 1.807) is 13.8 Å². The fourth-order valence-corrected chi connectivity index (χ4v) is 1.34. The van der Waals surface area contributed by atoms with Gasteiger partial charge in [0.25, 0.3) is 0 Å². The van der Waals surface area contributed by atoms with Crippen molar-refractivity contribution in [3.63, 3.8) is 0 Å². The van der Waals surface area contributed by atoms with Crippen LogP contribution in [-0.2, 0) is 0 Å². The first kappa shape index (κ1) is 14.9.